The Hall–Kier alpha value is -0.460. The Labute approximate surface area is 70.9 Å². The largest absolute Gasteiger partial charge is 0.389 e. The fraction of sp³-hybridized carbons (Fsp3) is 0.800. The summed E-state index contributed by atoms with van der Waals surface area (Å²) in [5.41, 5.74) is 1.38. The highest BCUT2D eigenvalue weighted by atomic mass is 14.9. The van der Waals surface area contributed by atoms with E-state index in [4.69, 9.17) is 0 Å². The Morgan fingerprint density at radius 2 is 2.00 bits per heavy atom. The summed E-state index contributed by atoms with van der Waals surface area (Å²) >= 11 is 0. The Morgan fingerprint density at radius 3 is 2.45 bits per heavy atom. The minimum absolute atomic E-state index is 1.13. The normalized spacial score (nSPS) is 11.7. The topological polar surface area (TPSA) is 12.0 Å². The molecule has 11 heavy (non-hydrogen) atoms. The monoisotopic (exact) mass is 155 g/mol. The Kier molecular flexibility index (Phi) is 7.33. The van der Waals surface area contributed by atoms with Crippen LogP contribution in [0.5, 0.6) is 0 Å². The van der Waals surface area contributed by atoms with E-state index >= 15 is 0 Å². The first-order chi connectivity index (χ1) is 5.35. The number of hydrogen-bond acceptors (Lipinski definition) is 1. The van der Waals surface area contributed by atoms with Gasteiger partial charge in [-0.25, -0.2) is 0 Å². The van der Waals surface area contributed by atoms with E-state index in [2.05, 4.69) is 32.2 Å². The predicted octanol–water partition coefficient (Wildman–Crippen LogP) is 3.08. The standard InChI is InChI=1S/C10H21N/c1-4-7-8-9-11-10(5-2)6-3/h5,11H,4,6-9H2,1-3H3. The van der Waals surface area contributed by atoms with E-state index < -0.39 is 0 Å². The maximum atomic E-state index is 3.42. The van der Waals surface area contributed by atoms with Gasteiger partial charge in [0.1, 0.15) is 0 Å². The summed E-state index contributed by atoms with van der Waals surface area (Å²) in [5.74, 6) is 0. The molecule has 66 valence electrons. The van der Waals surface area contributed by atoms with Gasteiger partial charge in [0.05, 0.1) is 0 Å². The average Bonchev–Trinajstić information content (AvgIpc) is 2.05. The lowest BCUT2D eigenvalue weighted by Gasteiger charge is -2.07. The van der Waals surface area contributed by atoms with Crippen LogP contribution in [0.25, 0.3) is 0 Å². The Bertz CT molecular complexity index is 105. The maximum Gasteiger partial charge on any atom is 0.0143 e. The van der Waals surface area contributed by atoms with Gasteiger partial charge in [-0.1, -0.05) is 32.8 Å². The molecular formula is C10H21N. The molecule has 1 heteroatoms. The highest BCUT2D eigenvalue weighted by Gasteiger charge is 1.89. The van der Waals surface area contributed by atoms with Crippen LogP contribution < -0.4 is 5.32 Å². The third kappa shape index (κ3) is 5.96. The van der Waals surface area contributed by atoms with Gasteiger partial charge < -0.3 is 5.32 Å². The molecule has 0 atom stereocenters. The zero-order chi connectivity index (χ0) is 8.53. The van der Waals surface area contributed by atoms with Crippen molar-refractivity contribution in [3.8, 4) is 0 Å². The first-order valence-electron chi connectivity index (χ1n) is 4.74. The van der Waals surface area contributed by atoms with Crippen LogP contribution in [0.3, 0.4) is 0 Å². The molecule has 0 unspecified atom stereocenters. The molecule has 0 aromatic rings. The zero-order valence-electron chi connectivity index (χ0n) is 8.11. The lowest BCUT2D eigenvalue weighted by Crippen LogP contribution is -2.13. The molecule has 1 nitrogen and oxygen atoms in total. The van der Waals surface area contributed by atoms with Gasteiger partial charge in [0.2, 0.25) is 0 Å². The van der Waals surface area contributed by atoms with Crippen LogP contribution in [0.15, 0.2) is 11.8 Å². The van der Waals surface area contributed by atoms with Crippen molar-refractivity contribution in [2.75, 3.05) is 6.54 Å². The zero-order valence-corrected chi connectivity index (χ0v) is 8.11. The summed E-state index contributed by atoms with van der Waals surface area (Å²) in [4.78, 5) is 0. The quantitative estimate of drug-likeness (QED) is 0.581. The van der Waals surface area contributed by atoms with Crippen molar-refractivity contribution in [1.29, 1.82) is 0 Å². The Balaban J connectivity index is 3.22. The second kappa shape index (κ2) is 7.64. The molecule has 1 N–H and O–H groups in total. The van der Waals surface area contributed by atoms with E-state index in [1.54, 1.807) is 0 Å². The molecule has 0 fully saturated rings. The lowest BCUT2D eigenvalue weighted by atomic mass is 10.2. The average molecular weight is 155 g/mol. The number of rotatable bonds is 6. The summed E-state index contributed by atoms with van der Waals surface area (Å²) < 4.78 is 0. The summed E-state index contributed by atoms with van der Waals surface area (Å²) in [6.45, 7) is 7.64. The highest BCUT2D eigenvalue weighted by Crippen LogP contribution is 1.97. The third-order valence-electron chi connectivity index (χ3n) is 1.86. The molecule has 0 amide bonds. The van der Waals surface area contributed by atoms with E-state index in [9.17, 15) is 0 Å². The molecule has 0 aliphatic carbocycles. The van der Waals surface area contributed by atoms with Crippen LogP contribution in [0.4, 0.5) is 0 Å². The maximum absolute atomic E-state index is 3.42. The molecule has 0 aliphatic heterocycles. The van der Waals surface area contributed by atoms with Crippen LogP contribution in [0.1, 0.15) is 46.5 Å². The van der Waals surface area contributed by atoms with Crippen LogP contribution in [0, 0.1) is 0 Å². The van der Waals surface area contributed by atoms with Crippen molar-refractivity contribution in [3.63, 3.8) is 0 Å². The number of hydrogen-bond donors (Lipinski definition) is 1. The molecule has 0 heterocycles. The molecule has 0 rings (SSSR count). The molecule has 0 aromatic carbocycles. The molecule has 0 spiro atoms. The van der Waals surface area contributed by atoms with E-state index in [1.807, 2.05) is 0 Å². The first-order valence-corrected chi connectivity index (χ1v) is 4.74. The van der Waals surface area contributed by atoms with Gasteiger partial charge in [-0.15, -0.1) is 0 Å². The van der Waals surface area contributed by atoms with Crippen molar-refractivity contribution in [1.82, 2.24) is 5.32 Å². The van der Waals surface area contributed by atoms with Gasteiger partial charge in [-0.2, -0.15) is 0 Å². The molecule has 0 aromatic heterocycles. The van der Waals surface area contributed by atoms with E-state index in [-0.39, 0.29) is 0 Å². The number of nitrogens with one attached hydrogen (secondary N) is 1. The summed E-state index contributed by atoms with van der Waals surface area (Å²) in [6.07, 6.45) is 7.23. The van der Waals surface area contributed by atoms with Gasteiger partial charge in [-0.3, -0.25) is 0 Å². The third-order valence-corrected chi connectivity index (χ3v) is 1.86. The fourth-order valence-corrected chi connectivity index (χ4v) is 1.06. The molecule has 0 radical (unpaired) electrons. The van der Waals surface area contributed by atoms with Crippen LogP contribution in [-0.4, -0.2) is 6.54 Å². The van der Waals surface area contributed by atoms with Gasteiger partial charge in [-0.05, 0) is 19.8 Å². The first kappa shape index (κ1) is 10.5. The SMILES string of the molecule is CC=C(CC)NCCCCC. The van der Waals surface area contributed by atoms with Crippen molar-refractivity contribution in [2.24, 2.45) is 0 Å². The van der Waals surface area contributed by atoms with E-state index in [1.165, 1.54) is 25.0 Å². The molecule has 0 saturated heterocycles. The summed E-state index contributed by atoms with van der Waals surface area (Å²) in [7, 11) is 0. The summed E-state index contributed by atoms with van der Waals surface area (Å²) in [5, 5.41) is 3.42. The van der Waals surface area contributed by atoms with Crippen molar-refractivity contribution in [3.05, 3.63) is 11.8 Å². The molecule has 0 bridgehead atoms. The van der Waals surface area contributed by atoms with Crippen LogP contribution in [0.2, 0.25) is 0 Å². The molecule has 0 aliphatic rings. The van der Waals surface area contributed by atoms with Gasteiger partial charge in [0.15, 0.2) is 0 Å². The van der Waals surface area contributed by atoms with Crippen LogP contribution in [-0.2, 0) is 0 Å². The molecular weight excluding hydrogens is 134 g/mol. The van der Waals surface area contributed by atoms with Crippen molar-refractivity contribution in [2.45, 2.75) is 46.5 Å². The number of unbranched alkanes of at least 4 members (excludes halogenated alkanes) is 2. The van der Waals surface area contributed by atoms with Crippen molar-refractivity contribution >= 4 is 0 Å². The van der Waals surface area contributed by atoms with Crippen molar-refractivity contribution < 1.29 is 0 Å². The van der Waals surface area contributed by atoms with E-state index in [0.29, 0.717) is 0 Å². The van der Waals surface area contributed by atoms with Gasteiger partial charge >= 0.3 is 0 Å². The van der Waals surface area contributed by atoms with Gasteiger partial charge in [0.25, 0.3) is 0 Å². The fourth-order valence-electron chi connectivity index (χ4n) is 1.06. The highest BCUT2D eigenvalue weighted by molar-refractivity contribution is 4.95. The Morgan fingerprint density at radius 1 is 1.27 bits per heavy atom. The summed E-state index contributed by atoms with van der Waals surface area (Å²) in [6, 6.07) is 0. The molecule has 0 saturated carbocycles. The minimum atomic E-state index is 1.13. The minimum Gasteiger partial charge on any atom is -0.389 e. The van der Waals surface area contributed by atoms with Crippen LogP contribution >= 0.6 is 0 Å². The number of allylic oxidation sites excluding steroid dienone is 2. The lowest BCUT2D eigenvalue weighted by molar-refractivity contribution is 0.656. The van der Waals surface area contributed by atoms with E-state index in [0.717, 1.165) is 13.0 Å². The second-order valence-corrected chi connectivity index (χ2v) is 2.80. The second-order valence-electron chi connectivity index (χ2n) is 2.80. The predicted molar refractivity (Wildman–Crippen MR) is 51.6 cm³/mol. The smallest absolute Gasteiger partial charge is 0.0143 e. The van der Waals surface area contributed by atoms with Gasteiger partial charge in [0, 0.05) is 12.2 Å².